The van der Waals surface area contributed by atoms with E-state index in [9.17, 15) is 14.0 Å². The molecule has 0 aliphatic rings. The molecule has 2 aromatic rings. The van der Waals surface area contributed by atoms with E-state index in [0.717, 1.165) is 11.1 Å². The topological polar surface area (TPSA) is 76.7 Å². The summed E-state index contributed by atoms with van der Waals surface area (Å²) in [6, 6.07) is 11.2. The average Bonchev–Trinajstić information content (AvgIpc) is 2.67. The van der Waals surface area contributed by atoms with Crippen molar-refractivity contribution < 1.29 is 23.5 Å². The first-order valence-corrected chi connectivity index (χ1v) is 9.46. The van der Waals surface area contributed by atoms with Crippen molar-refractivity contribution in [2.75, 3.05) is 0 Å². The summed E-state index contributed by atoms with van der Waals surface area (Å²) < 4.78 is 24.2. The lowest BCUT2D eigenvalue weighted by molar-refractivity contribution is -0.135. The minimum Gasteiger partial charge on any atom is -0.481 e. The van der Waals surface area contributed by atoms with Crippen molar-refractivity contribution in [3.8, 4) is 11.5 Å². The van der Waals surface area contributed by atoms with Crippen molar-refractivity contribution in [3.63, 3.8) is 0 Å². The van der Waals surface area contributed by atoms with E-state index in [2.05, 4.69) is 10.9 Å². The minimum atomic E-state index is -0.888. The van der Waals surface area contributed by atoms with Gasteiger partial charge < -0.3 is 9.47 Å². The molecule has 0 heterocycles. The van der Waals surface area contributed by atoms with Crippen LogP contribution in [0.5, 0.6) is 11.5 Å². The molecule has 2 rings (SSSR count). The Morgan fingerprint density at radius 2 is 1.41 bits per heavy atom. The summed E-state index contributed by atoms with van der Waals surface area (Å²) in [5.41, 5.74) is 6.68. The standard InChI is InChI=1S/C22H27FN2O4/c1-13(2)19-11-6-14(3)12-20(19)29-16(5)22(27)25-24-21(26)15(4)28-18-9-7-17(23)8-10-18/h6-13,15-16H,1-5H3,(H,24,26)(H,25,27). The van der Waals surface area contributed by atoms with E-state index in [4.69, 9.17) is 9.47 Å². The summed E-state index contributed by atoms with van der Waals surface area (Å²) in [6.45, 7) is 9.17. The van der Waals surface area contributed by atoms with Gasteiger partial charge in [-0.15, -0.1) is 0 Å². The van der Waals surface area contributed by atoms with Gasteiger partial charge in [-0.1, -0.05) is 26.0 Å². The maximum Gasteiger partial charge on any atom is 0.279 e. The summed E-state index contributed by atoms with van der Waals surface area (Å²) in [7, 11) is 0. The quantitative estimate of drug-likeness (QED) is 0.694. The van der Waals surface area contributed by atoms with Crippen LogP contribution >= 0.6 is 0 Å². The minimum absolute atomic E-state index is 0.241. The number of nitrogens with one attached hydrogen (secondary N) is 2. The normalized spacial score (nSPS) is 12.8. The lowest BCUT2D eigenvalue weighted by atomic mass is 10.0. The number of carbonyl (C=O) groups is 2. The second kappa shape index (κ2) is 9.91. The molecule has 0 saturated carbocycles. The molecular weight excluding hydrogens is 375 g/mol. The summed E-state index contributed by atoms with van der Waals surface area (Å²) >= 11 is 0. The highest BCUT2D eigenvalue weighted by molar-refractivity contribution is 5.86. The van der Waals surface area contributed by atoms with Gasteiger partial charge in [0.25, 0.3) is 11.8 Å². The van der Waals surface area contributed by atoms with Gasteiger partial charge in [-0.2, -0.15) is 0 Å². The molecular formula is C22H27FN2O4. The number of hydrazine groups is 1. The number of hydrogen-bond acceptors (Lipinski definition) is 4. The molecule has 2 amide bonds. The van der Waals surface area contributed by atoms with E-state index in [1.165, 1.54) is 31.2 Å². The first-order valence-electron chi connectivity index (χ1n) is 9.46. The first kappa shape index (κ1) is 22.2. The van der Waals surface area contributed by atoms with Crippen LogP contribution in [0.15, 0.2) is 42.5 Å². The Morgan fingerprint density at radius 3 is 1.97 bits per heavy atom. The molecule has 0 radical (unpaired) electrons. The van der Waals surface area contributed by atoms with Gasteiger partial charge in [0.1, 0.15) is 17.3 Å². The lowest BCUT2D eigenvalue weighted by Crippen LogP contribution is -2.50. The van der Waals surface area contributed by atoms with Gasteiger partial charge in [-0.25, -0.2) is 4.39 Å². The zero-order valence-corrected chi connectivity index (χ0v) is 17.3. The molecule has 0 spiro atoms. The van der Waals surface area contributed by atoms with Crippen molar-refractivity contribution in [3.05, 3.63) is 59.4 Å². The lowest BCUT2D eigenvalue weighted by Gasteiger charge is -2.20. The Bertz CT molecular complexity index is 852. The molecule has 0 bridgehead atoms. The maximum absolute atomic E-state index is 12.9. The highest BCUT2D eigenvalue weighted by atomic mass is 19.1. The third-order valence-corrected chi connectivity index (χ3v) is 4.27. The van der Waals surface area contributed by atoms with E-state index in [-0.39, 0.29) is 5.92 Å². The highest BCUT2D eigenvalue weighted by Crippen LogP contribution is 2.28. The van der Waals surface area contributed by atoms with Gasteiger partial charge in [0.05, 0.1) is 0 Å². The number of benzene rings is 2. The third kappa shape index (κ3) is 6.48. The Kier molecular flexibility index (Phi) is 7.59. The van der Waals surface area contributed by atoms with Crippen LogP contribution in [0, 0.1) is 12.7 Å². The number of aryl methyl sites for hydroxylation is 1. The molecule has 7 heteroatoms. The SMILES string of the molecule is Cc1ccc(C(C)C)c(OC(C)C(=O)NNC(=O)C(C)Oc2ccc(F)cc2)c1. The second-order valence-electron chi connectivity index (χ2n) is 7.15. The smallest absolute Gasteiger partial charge is 0.279 e. The number of rotatable bonds is 7. The molecule has 0 fully saturated rings. The van der Waals surface area contributed by atoms with Gasteiger partial charge in [0, 0.05) is 0 Å². The first-order chi connectivity index (χ1) is 13.7. The van der Waals surface area contributed by atoms with Crippen LogP contribution in [0.25, 0.3) is 0 Å². The zero-order valence-electron chi connectivity index (χ0n) is 17.3. The van der Waals surface area contributed by atoms with E-state index in [1.807, 2.05) is 39.0 Å². The van der Waals surface area contributed by atoms with Crippen LogP contribution in [0.1, 0.15) is 44.7 Å². The van der Waals surface area contributed by atoms with Gasteiger partial charge in [0.15, 0.2) is 12.2 Å². The van der Waals surface area contributed by atoms with Crippen LogP contribution in [0.2, 0.25) is 0 Å². The number of hydrogen-bond donors (Lipinski definition) is 2. The molecule has 29 heavy (non-hydrogen) atoms. The fourth-order valence-electron chi connectivity index (χ4n) is 2.56. The summed E-state index contributed by atoms with van der Waals surface area (Å²) in [5.74, 6) is -0.216. The number of ether oxygens (including phenoxy) is 2. The van der Waals surface area contributed by atoms with Gasteiger partial charge in [0.2, 0.25) is 0 Å². The van der Waals surface area contributed by atoms with Crippen molar-refractivity contribution >= 4 is 11.8 Å². The molecule has 2 atom stereocenters. The Hall–Kier alpha value is -3.09. The molecule has 2 unspecified atom stereocenters. The summed E-state index contributed by atoms with van der Waals surface area (Å²) in [6.07, 6.45) is -1.70. The molecule has 0 saturated heterocycles. The predicted molar refractivity (Wildman–Crippen MR) is 108 cm³/mol. The Morgan fingerprint density at radius 1 is 0.862 bits per heavy atom. The van der Waals surface area contributed by atoms with Crippen LogP contribution in [0.4, 0.5) is 4.39 Å². The number of halogens is 1. The van der Waals surface area contributed by atoms with Gasteiger partial charge in [-0.3, -0.25) is 20.4 Å². The fourth-order valence-corrected chi connectivity index (χ4v) is 2.56. The fraction of sp³-hybridized carbons (Fsp3) is 0.364. The number of carbonyl (C=O) groups excluding carboxylic acids is 2. The molecule has 0 aliphatic heterocycles. The molecule has 2 N–H and O–H groups in total. The third-order valence-electron chi connectivity index (χ3n) is 4.27. The van der Waals surface area contributed by atoms with E-state index < -0.39 is 29.8 Å². The van der Waals surface area contributed by atoms with Crippen LogP contribution < -0.4 is 20.3 Å². The van der Waals surface area contributed by atoms with Crippen molar-refractivity contribution in [2.24, 2.45) is 0 Å². The molecule has 0 aromatic heterocycles. The monoisotopic (exact) mass is 402 g/mol. The maximum atomic E-state index is 12.9. The van der Waals surface area contributed by atoms with E-state index in [0.29, 0.717) is 11.5 Å². The predicted octanol–water partition coefficient (Wildman–Crippen LogP) is 3.64. The Balaban J connectivity index is 1.88. The molecule has 6 nitrogen and oxygen atoms in total. The summed E-state index contributed by atoms with van der Waals surface area (Å²) in [5, 5.41) is 0. The zero-order chi connectivity index (χ0) is 21.6. The van der Waals surface area contributed by atoms with Crippen LogP contribution in [0.3, 0.4) is 0 Å². The average molecular weight is 402 g/mol. The van der Waals surface area contributed by atoms with Crippen LogP contribution in [-0.4, -0.2) is 24.0 Å². The van der Waals surface area contributed by atoms with Crippen molar-refractivity contribution in [1.82, 2.24) is 10.9 Å². The van der Waals surface area contributed by atoms with Crippen molar-refractivity contribution in [1.29, 1.82) is 0 Å². The summed E-state index contributed by atoms with van der Waals surface area (Å²) in [4.78, 5) is 24.4. The van der Waals surface area contributed by atoms with Gasteiger partial charge in [-0.05, 0) is 68.1 Å². The largest absolute Gasteiger partial charge is 0.481 e. The molecule has 2 aromatic carbocycles. The molecule has 0 aliphatic carbocycles. The van der Waals surface area contributed by atoms with Crippen LogP contribution in [-0.2, 0) is 9.59 Å². The Labute approximate surface area is 170 Å². The molecule has 156 valence electrons. The van der Waals surface area contributed by atoms with Gasteiger partial charge >= 0.3 is 0 Å². The van der Waals surface area contributed by atoms with E-state index in [1.54, 1.807) is 6.92 Å². The highest BCUT2D eigenvalue weighted by Gasteiger charge is 2.20. The van der Waals surface area contributed by atoms with Crippen molar-refractivity contribution in [2.45, 2.75) is 52.7 Å². The number of amides is 2. The second-order valence-corrected chi connectivity index (χ2v) is 7.15. The van der Waals surface area contributed by atoms with E-state index >= 15 is 0 Å².